The second-order valence-electron chi connectivity index (χ2n) is 18.9. The quantitative estimate of drug-likeness (QED) is 0.162. The Bertz CT molecular complexity index is 3440. The zero-order chi connectivity index (χ0) is 48.9. The summed E-state index contributed by atoms with van der Waals surface area (Å²) >= 11 is 0. The summed E-state index contributed by atoms with van der Waals surface area (Å²) in [5, 5.41) is 19.5. The van der Waals surface area contributed by atoms with Crippen LogP contribution in [0.5, 0.6) is 0 Å². The number of ether oxygens (including phenoxy) is 2. The van der Waals surface area contributed by atoms with Crippen LogP contribution in [0.1, 0.15) is 83.0 Å². The number of hydrogen-bond donors (Lipinski definition) is 0. The molecule has 71 heavy (non-hydrogen) atoms. The number of benzene rings is 2. The molecule has 8 aromatic rings. The van der Waals surface area contributed by atoms with Gasteiger partial charge in [0.25, 0.3) is 0 Å². The van der Waals surface area contributed by atoms with Crippen molar-refractivity contribution in [2.45, 2.75) is 71.6 Å². The highest BCUT2D eigenvalue weighted by atomic mass is 19.1. The van der Waals surface area contributed by atoms with Crippen molar-refractivity contribution in [2.24, 2.45) is 28.2 Å². The number of carbonyl (C=O) groups excluding carboxylic acids is 2. The highest BCUT2D eigenvalue weighted by molar-refractivity contribution is 5.97. The first-order valence-corrected chi connectivity index (χ1v) is 23.5. The van der Waals surface area contributed by atoms with E-state index in [1.807, 2.05) is 74.7 Å². The first kappa shape index (κ1) is 47.4. The molecule has 0 aliphatic carbocycles. The lowest BCUT2D eigenvalue weighted by Gasteiger charge is -2.32. The largest absolute Gasteiger partial charge is 0.381 e. The van der Waals surface area contributed by atoms with Crippen LogP contribution in [0.15, 0.2) is 55.1 Å². The van der Waals surface area contributed by atoms with Crippen LogP contribution in [0.2, 0.25) is 0 Å². The van der Waals surface area contributed by atoms with E-state index in [9.17, 15) is 9.59 Å². The van der Waals surface area contributed by atoms with Crippen molar-refractivity contribution < 1.29 is 29.3 Å². The van der Waals surface area contributed by atoms with Crippen LogP contribution < -0.4 is 0 Å². The first-order valence-electron chi connectivity index (χ1n) is 23.5. The van der Waals surface area contributed by atoms with Gasteiger partial charge in [-0.05, 0) is 50.8 Å². The van der Waals surface area contributed by atoms with Crippen molar-refractivity contribution in [2.75, 3.05) is 40.5 Å². The predicted octanol–water partition coefficient (Wildman–Crippen LogP) is 7.60. The Morgan fingerprint density at radius 3 is 1.65 bits per heavy atom. The summed E-state index contributed by atoms with van der Waals surface area (Å²) in [5.74, 6) is 1.06. The maximum Gasteiger partial charge on any atom is 0.245 e. The Labute approximate surface area is 410 Å². The van der Waals surface area contributed by atoms with Gasteiger partial charge in [0.1, 0.15) is 46.8 Å². The van der Waals surface area contributed by atoms with Crippen LogP contribution in [-0.4, -0.2) is 120 Å². The Kier molecular flexibility index (Phi) is 12.1. The zero-order valence-corrected chi connectivity index (χ0v) is 40.4. The van der Waals surface area contributed by atoms with Crippen molar-refractivity contribution in [1.82, 2.24) is 68.0 Å². The Morgan fingerprint density at radius 1 is 0.648 bits per heavy atom. The summed E-state index contributed by atoms with van der Waals surface area (Å²) in [6, 6.07) is 5.89. The van der Waals surface area contributed by atoms with E-state index in [-0.39, 0.29) is 44.3 Å². The van der Waals surface area contributed by atoms with Gasteiger partial charge in [-0.1, -0.05) is 13.5 Å². The molecule has 0 spiro atoms. The van der Waals surface area contributed by atoms with Crippen LogP contribution in [-0.2, 0) is 60.3 Å². The summed E-state index contributed by atoms with van der Waals surface area (Å²) in [7, 11) is 10.9. The van der Waals surface area contributed by atoms with Crippen molar-refractivity contribution in [3.8, 4) is 45.0 Å². The van der Waals surface area contributed by atoms with Crippen molar-refractivity contribution in [1.29, 1.82) is 0 Å². The molecule has 2 aromatic carbocycles. The van der Waals surface area contributed by atoms with Gasteiger partial charge in [-0.3, -0.25) is 28.3 Å². The van der Waals surface area contributed by atoms with Gasteiger partial charge in [0, 0.05) is 120 Å². The highest BCUT2D eigenvalue weighted by Crippen LogP contribution is 2.42. The number of aryl methyl sites for hydroxylation is 4. The monoisotopic (exact) mass is 970 g/mol. The maximum atomic E-state index is 15.7. The van der Waals surface area contributed by atoms with E-state index in [1.165, 1.54) is 12.1 Å². The summed E-state index contributed by atoms with van der Waals surface area (Å²) in [5.41, 5.74) is 9.27. The lowest BCUT2D eigenvalue weighted by molar-refractivity contribution is -0.136. The lowest BCUT2D eigenvalue weighted by atomic mass is 9.98. The first-order chi connectivity index (χ1) is 33.7. The van der Waals surface area contributed by atoms with Gasteiger partial charge in [-0.15, -0.1) is 0 Å². The van der Waals surface area contributed by atoms with E-state index in [0.29, 0.717) is 85.3 Å². The molecule has 10 heterocycles. The molecular formula is C51H60F2N14O4. The van der Waals surface area contributed by atoms with Gasteiger partial charge in [0.2, 0.25) is 11.8 Å². The number of amides is 2. The number of hydrogen-bond acceptors (Lipinski definition) is 10. The number of halogens is 2. The molecule has 20 heteroatoms. The third-order valence-corrected chi connectivity index (χ3v) is 14.2. The van der Waals surface area contributed by atoms with Gasteiger partial charge in [0.15, 0.2) is 0 Å². The van der Waals surface area contributed by atoms with Crippen molar-refractivity contribution >= 4 is 39.2 Å². The third-order valence-electron chi connectivity index (χ3n) is 14.2. The molecule has 1 fully saturated rings. The molecule has 0 bridgehead atoms. The molecule has 2 amide bonds. The van der Waals surface area contributed by atoms with E-state index in [4.69, 9.17) is 19.4 Å². The van der Waals surface area contributed by atoms with Gasteiger partial charge in [-0.25, -0.2) is 18.7 Å². The molecule has 18 nitrogen and oxygen atoms in total. The number of carbonyl (C=O) groups is 2. The van der Waals surface area contributed by atoms with Gasteiger partial charge < -0.3 is 28.4 Å². The van der Waals surface area contributed by atoms with E-state index >= 15 is 8.78 Å². The van der Waals surface area contributed by atoms with E-state index in [0.717, 1.165) is 68.9 Å². The van der Waals surface area contributed by atoms with E-state index in [1.54, 1.807) is 62.1 Å². The van der Waals surface area contributed by atoms with Crippen LogP contribution in [0.25, 0.3) is 72.4 Å². The van der Waals surface area contributed by atoms with Crippen molar-refractivity contribution in [3.63, 3.8) is 0 Å². The van der Waals surface area contributed by atoms with E-state index < -0.39 is 6.04 Å². The SMILES string of the molecule is C.CC1C(=O)N(C)Cc2c(-c3cc4c(-c5cnn(C)c5)nn(C)c4cc3F)nc(C3=CCOCC3)n21.CC1C(=O)N(C)Cc2c(-c3cc4c(-c5cnn(C)c5)nn(C)c4cc3F)nc(C3CCOCC3)n21.[HH]. The molecule has 4 aliphatic heterocycles. The second-order valence-corrected chi connectivity index (χ2v) is 18.9. The molecule has 4 aliphatic rings. The molecular weight excluding hydrogens is 911 g/mol. The number of nitrogens with zero attached hydrogens (tertiary/aromatic N) is 14. The normalized spacial score (nSPS) is 18.4. The van der Waals surface area contributed by atoms with Crippen molar-refractivity contribution in [3.05, 3.63) is 89.8 Å². The number of fused-ring (bicyclic) bond motifs is 4. The summed E-state index contributed by atoms with van der Waals surface area (Å²) in [6.07, 6.45) is 11.7. The van der Waals surface area contributed by atoms with Gasteiger partial charge >= 0.3 is 0 Å². The Balaban J connectivity index is 0.000000173. The van der Waals surface area contributed by atoms with E-state index in [2.05, 4.69) is 20.4 Å². The minimum atomic E-state index is -0.431. The van der Waals surface area contributed by atoms with Crippen LogP contribution in [0.4, 0.5) is 8.78 Å². The molecule has 6 aromatic heterocycles. The third kappa shape index (κ3) is 7.92. The molecule has 2 unspecified atom stereocenters. The highest BCUT2D eigenvalue weighted by Gasteiger charge is 2.38. The summed E-state index contributed by atoms with van der Waals surface area (Å²) < 4.78 is 53.2. The maximum absolute atomic E-state index is 15.7. The number of rotatable bonds is 6. The topological polar surface area (TPSA) is 166 Å². The Hall–Kier alpha value is -7.32. The molecule has 1 saturated heterocycles. The summed E-state index contributed by atoms with van der Waals surface area (Å²) in [6.45, 7) is 6.93. The number of likely N-dealkylation sites (N-methyl/N-ethyl adjacent to an activating group) is 2. The molecule has 372 valence electrons. The van der Waals surface area contributed by atoms with Crippen LogP contribution in [0, 0.1) is 11.6 Å². The summed E-state index contributed by atoms with van der Waals surface area (Å²) in [4.78, 5) is 39.1. The predicted molar refractivity (Wildman–Crippen MR) is 266 cm³/mol. The fraction of sp³-hybridized carbons (Fsp3) is 0.412. The Morgan fingerprint density at radius 2 is 1.15 bits per heavy atom. The molecule has 0 radical (unpaired) electrons. The van der Waals surface area contributed by atoms with Crippen LogP contribution in [0.3, 0.4) is 0 Å². The fourth-order valence-corrected chi connectivity index (χ4v) is 10.6. The lowest BCUT2D eigenvalue weighted by Crippen LogP contribution is -2.40. The minimum absolute atomic E-state index is 0. The molecule has 0 N–H and O–H groups in total. The number of aromatic nitrogens is 12. The molecule has 12 rings (SSSR count). The standard InChI is InChI=1S/C25H28FN7O2.C25H26FN7O2.CH4.H2/c2*1-14-25(34)30(2)13-21-23(28-24(33(14)21)15-5-7-35-8-6-15)17-9-18-20(10-19(17)26)32(4)29-22(18)16-11-27-31(3)12-16;;/h9-12,14-15H,5-8,13H2,1-4H3;5,9-12,14H,6-8,13H2,1-4H3;1H4;1H. The zero-order valence-electron chi connectivity index (χ0n) is 40.4. The average molecular weight is 971 g/mol. The average Bonchev–Trinajstić information content (AvgIpc) is 4.23. The van der Waals surface area contributed by atoms with Gasteiger partial charge in [0.05, 0.1) is 72.5 Å². The van der Waals surface area contributed by atoms with Crippen LogP contribution >= 0.6 is 0 Å². The number of imidazole rings is 2. The van der Waals surface area contributed by atoms with Gasteiger partial charge in [-0.2, -0.15) is 20.4 Å². The minimum Gasteiger partial charge on any atom is -0.381 e. The molecule has 2 atom stereocenters. The second kappa shape index (κ2) is 18.1. The smallest absolute Gasteiger partial charge is 0.245 e. The fourth-order valence-electron chi connectivity index (χ4n) is 10.6. The molecule has 0 saturated carbocycles.